The highest BCUT2D eigenvalue weighted by Gasteiger charge is 2.21. The van der Waals surface area contributed by atoms with Gasteiger partial charge in [0.25, 0.3) is 5.69 Å². The van der Waals surface area contributed by atoms with Crippen LogP contribution in [0.2, 0.25) is 5.02 Å². The Balaban J connectivity index is 3.14. The summed E-state index contributed by atoms with van der Waals surface area (Å²) < 4.78 is 13.3. The van der Waals surface area contributed by atoms with Gasteiger partial charge in [0.1, 0.15) is 11.5 Å². The highest BCUT2D eigenvalue weighted by molar-refractivity contribution is 6.31. The molecule has 1 aromatic rings. The van der Waals surface area contributed by atoms with Crippen LogP contribution in [0.1, 0.15) is 13.8 Å². The molecular formula is C11H14ClFN2O3. The molecule has 5 nitrogen and oxygen atoms in total. The molecule has 0 aliphatic carbocycles. The molecule has 0 saturated heterocycles. The summed E-state index contributed by atoms with van der Waals surface area (Å²) in [6, 6.07) is 1.52. The largest absolute Gasteiger partial charge is 0.394 e. The van der Waals surface area contributed by atoms with Crippen molar-refractivity contribution in [1.29, 1.82) is 0 Å². The van der Waals surface area contributed by atoms with Crippen LogP contribution in [-0.4, -0.2) is 22.7 Å². The standard InChI is InChI=1S/C11H14ClFN2O3/c1-6(2)10(5-16)14-9-4-8(13)7(12)3-11(9)15(17)18/h3-4,6,10,14,16H,5H2,1-2H3. The minimum absolute atomic E-state index is 0.00894. The molecule has 1 aromatic carbocycles. The Morgan fingerprint density at radius 3 is 2.61 bits per heavy atom. The molecule has 1 rings (SSSR count). The van der Waals surface area contributed by atoms with Crippen molar-refractivity contribution >= 4 is 23.0 Å². The zero-order valence-electron chi connectivity index (χ0n) is 9.98. The van der Waals surface area contributed by atoms with Crippen molar-refractivity contribution in [2.75, 3.05) is 11.9 Å². The lowest BCUT2D eigenvalue weighted by Crippen LogP contribution is -2.29. The molecule has 100 valence electrons. The number of nitro groups is 1. The number of hydrogen-bond donors (Lipinski definition) is 2. The van der Waals surface area contributed by atoms with Crippen molar-refractivity contribution in [3.8, 4) is 0 Å². The van der Waals surface area contributed by atoms with E-state index in [4.69, 9.17) is 16.7 Å². The van der Waals surface area contributed by atoms with Crippen molar-refractivity contribution < 1.29 is 14.4 Å². The highest BCUT2D eigenvalue weighted by atomic mass is 35.5. The molecule has 0 aliphatic heterocycles. The molecule has 7 heteroatoms. The van der Waals surface area contributed by atoms with E-state index in [1.54, 1.807) is 0 Å². The van der Waals surface area contributed by atoms with Crippen molar-refractivity contribution in [1.82, 2.24) is 0 Å². The van der Waals surface area contributed by atoms with Gasteiger partial charge in [-0.05, 0) is 5.92 Å². The van der Waals surface area contributed by atoms with E-state index in [-0.39, 0.29) is 28.9 Å². The van der Waals surface area contributed by atoms with Crippen molar-refractivity contribution in [2.24, 2.45) is 5.92 Å². The Morgan fingerprint density at radius 1 is 1.56 bits per heavy atom. The van der Waals surface area contributed by atoms with Crippen molar-refractivity contribution in [3.05, 3.63) is 33.1 Å². The van der Waals surface area contributed by atoms with Gasteiger partial charge in [-0.2, -0.15) is 0 Å². The first kappa shape index (κ1) is 14.7. The van der Waals surface area contributed by atoms with E-state index >= 15 is 0 Å². The third-order valence-electron chi connectivity index (χ3n) is 2.58. The van der Waals surface area contributed by atoms with Gasteiger partial charge in [-0.1, -0.05) is 25.4 Å². The third-order valence-corrected chi connectivity index (χ3v) is 2.87. The van der Waals surface area contributed by atoms with Crippen LogP contribution in [0.5, 0.6) is 0 Å². The number of aliphatic hydroxyl groups excluding tert-OH is 1. The molecule has 0 amide bonds. The number of nitro benzene ring substituents is 1. The molecule has 0 aromatic heterocycles. The topological polar surface area (TPSA) is 75.4 Å². The smallest absolute Gasteiger partial charge is 0.294 e. The molecule has 0 aliphatic rings. The predicted octanol–water partition coefficient (Wildman–Crippen LogP) is 2.82. The lowest BCUT2D eigenvalue weighted by Gasteiger charge is -2.21. The summed E-state index contributed by atoms with van der Waals surface area (Å²) in [4.78, 5) is 10.2. The second kappa shape index (κ2) is 5.97. The molecule has 0 spiro atoms. The molecule has 2 N–H and O–H groups in total. The van der Waals surface area contributed by atoms with Crippen LogP contribution < -0.4 is 5.32 Å². The predicted molar refractivity (Wildman–Crippen MR) is 67.4 cm³/mol. The second-order valence-electron chi connectivity index (χ2n) is 4.22. The lowest BCUT2D eigenvalue weighted by molar-refractivity contribution is -0.384. The van der Waals surface area contributed by atoms with E-state index in [9.17, 15) is 14.5 Å². The van der Waals surface area contributed by atoms with Crippen molar-refractivity contribution in [3.63, 3.8) is 0 Å². The molecule has 0 saturated carbocycles. The fraction of sp³-hybridized carbons (Fsp3) is 0.455. The molecule has 1 atom stereocenters. The summed E-state index contributed by atoms with van der Waals surface area (Å²) in [7, 11) is 0. The number of nitrogens with zero attached hydrogens (tertiary/aromatic N) is 1. The number of aliphatic hydroxyl groups is 1. The van der Waals surface area contributed by atoms with Crippen LogP contribution in [0.3, 0.4) is 0 Å². The Hall–Kier alpha value is -1.40. The van der Waals surface area contributed by atoms with Gasteiger partial charge in [-0.3, -0.25) is 10.1 Å². The normalized spacial score (nSPS) is 12.6. The van der Waals surface area contributed by atoms with Crippen LogP contribution >= 0.6 is 11.6 Å². The van der Waals surface area contributed by atoms with E-state index in [0.717, 1.165) is 12.1 Å². The van der Waals surface area contributed by atoms with Gasteiger partial charge in [0.2, 0.25) is 0 Å². The van der Waals surface area contributed by atoms with Gasteiger partial charge in [0, 0.05) is 12.1 Å². The number of hydrogen-bond acceptors (Lipinski definition) is 4. The van der Waals surface area contributed by atoms with E-state index in [2.05, 4.69) is 5.32 Å². The van der Waals surface area contributed by atoms with Crippen LogP contribution in [-0.2, 0) is 0 Å². The van der Waals surface area contributed by atoms with E-state index < -0.39 is 16.8 Å². The molecule has 0 fully saturated rings. The van der Waals surface area contributed by atoms with Gasteiger partial charge >= 0.3 is 0 Å². The summed E-state index contributed by atoms with van der Waals surface area (Å²) in [5.74, 6) is -0.710. The summed E-state index contributed by atoms with van der Waals surface area (Å²) >= 11 is 5.51. The van der Waals surface area contributed by atoms with E-state index in [0.29, 0.717) is 0 Å². The number of nitrogens with one attached hydrogen (secondary N) is 1. The summed E-state index contributed by atoms with van der Waals surface area (Å²) in [5, 5.41) is 22.5. The molecule has 1 unspecified atom stereocenters. The number of rotatable bonds is 5. The minimum Gasteiger partial charge on any atom is -0.394 e. The van der Waals surface area contributed by atoms with E-state index in [1.807, 2.05) is 13.8 Å². The summed E-state index contributed by atoms with van der Waals surface area (Å²) in [6.45, 7) is 3.47. The van der Waals surface area contributed by atoms with Gasteiger partial charge in [0.05, 0.1) is 22.6 Å². The van der Waals surface area contributed by atoms with Crippen LogP contribution in [0.15, 0.2) is 12.1 Å². The number of benzene rings is 1. The van der Waals surface area contributed by atoms with Crippen molar-refractivity contribution in [2.45, 2.75) is 19.9 Å². The van der Waals surface area contributed by atoms with Crippen LogP contribution in [0.4, 0.5) is 15.8 Å². The summed E-state index contributed by atoms with van der Waals surface area (Å²) in [6.07, 6.45) is 0. The molecule has 0 bridgehead atoms. The average Bonchev–Trinajstić information content (AvgIpc) is 2.29. The first-order valence-electron chi connectivity index (χ1n) is 5.37. The van der Waals surface area contributed by atoms with Gasteiger partial charge < -0.3 is 10.4 Å². The number of halogens is 2. The molecular weight excluding hydrogens is 263 g/mol. The third kappa shape index (κ3) is 3.30. The minimum atomic E-state index is -0.745. The highest BCUT2D eigenvalue weighted by Crippen LogP contribution is 2.31. The first-order chi connectivity index (χ1) is 8.36. The first-order valence-corrected chi connectivity index (χ1v) is 5.75. The quantitative estimate of drug-likeness (QED) is 0.640. The number of anilines is 1. The molecule has 18 heavy (non-hydrogen) atoms. The van der Waals surface area contributed by atoms with Crippen LogP contribution in [0.25, 0.3) is 0 Å². The van der Waals surface area contributed by atoms with Crippen LogP contribution in [0, 0.1) is 21.8 Å². The van der Waals surface area contributed by atoms with Gasteiger partial charge in [0.15, 0.2) is 0 Å². The molecule has 0 heterocycles. The maximum Gasteiger partial charge on any atom is 0.294 e. The summed E-state index contributed by atoms with van der Waals surface area (Å²) in [5.41, 5.74) is -0.310. The fourth-order valence-corrected chi connectivity index (χ4v) is 1.58. The zero-order valence-corrected chi connectivity index (χ0v) is 10.7. The molecule has 0 radical (unpaired) electrons. The zero-order chi connectivity index (χ0) is 13.9. The SMILES string of the molecule is CC(C)C(CO)Nc1cc(F)c(Cl)cc1[N+](=O)[O-]. The second-order valence-corrected chi connectivity index (χ2v) is 4.63. The monoisotopic (exact) mass is 276 g/mol. The van der Waals surface area contributed by atoms with Gasteiger partial charge in [-0.15, -0.1) is 0 Å². The van der Waals surface area contributed by atoms with E-state index in [1.165, 1.54) is 0 Å². The Labute approximate surface area is 109 Å². The lowest BCUT2D eigenvalue weighted by atomic mass is 10.0. The Bertz CT molecular complexity index is 454. The van der Waals surface area contributed by atoms with Gasteiger partial charge in [-0.25, -0.2) is 4.39 Å². The Morgan fingerprint density at radius 2 is 2.17 bits per heavy atom. The average molecular weight is 277 g/mol. The fourth-order valence-electron chi connectivity index (χ4n) is 1.43. The maximum atomic E-state index is 13.3. The Kier molecular flexibility index (Phi) is 4.86. The maximum absolute atomic E-state index is 13.3.